The Morgan fingerprint density at radius 2 is 2.04 bits per heavy atom. The standard InChI is InChI=1S/C20H29N5O/c1-2-25-18-8-4-3-7-17(18)22-19(25)9-11-21-20(26)24-14-10-16(15-24)23-12-5-6-13-23/h3-4,7-8,16H,2,5-6,9-15H2,1H3,(H,21,26). The lowest BCUT2D eigenvalue weighted by atomic mass is 10.2. The van der Waals surface area contributed by atoms with Crippen molar-refractivity contribution in [1.82, 2.24) is 24.7 Å². The Morgan fingerprint density at radius 1 is 1.23 bits per heavy atom. The number of amides is 2. The van der Waals surface area contributed by atoms with E-state index in [-0.39, 0.29) is 6.03 Å². The van der Waals surface area contributed by atoms with Gasteiger partial charge in [0.1, 0.15) is 5.82 Å². The van der Waals surface area contributed by atoms with Gasteiger partial charge in [0.25, 0.3) is 0 Å². The lowest BCUT2D eigenvalue weighted by Crippen LogP contribution is -2.42. The SMILES string of the molecule is CCn1c(CCNC(=O)N2CCC(N3CCCC3)C2)nc2ccccc21. The predicted molar refractivity (Wildman–Crippen MR) is 103 cm³/mol. The molecule has 2 aliphatic heterocycles. The van der Waals surface area contributed by atoms with Gasteiger partial charge >= 0.3 is 6.03 Å². The lowest BCUT2D eigenvalue weighted by Gasteiger charge is -2.23. The van der Waals surface area contributed by atoms with Crippen molar-refractivity contribution >= 4 is 17.1 Å². The van der Waals surface area contributed by atoms with Crippen LogP contribution in [0.2, 0.25) is 0 Å². The van der Waals surface area contributed by atoms with Gasteiger partial charge in [0.2, 0.25) is 0 Å². The molecule has 4 rings (SSSR count). The molecule has 0 radical (unpaired) electrons. The van der Waals surface area contributed by atoms with Crippen LogP contribution in [-0.4, -0.2) is 64.1 Å². The van der Waals surface area contributed by atoms with Gasteiger partial charge in [-0.05, 0) is 51.4 Å². The summed E-state index contributed by atoms with van der Waals surface area (Å²) in [4.78, 5) is 21.8. The van der Waals surface area contributed by atoms with Crippen LogP contribution in [0.3, 0.4) is 0 Å². The molecule has 1 N–H and O–H groups in total. The largest absolute Gasteiger partial charge is 0.338 e. The maximum atomic E-state index is 12.5. The van der Waals surface area contributed by atoms with Gasteiger partial charge in [-0.3, -0.25) is 4.90 Å². The van der Waals surface area contributed by atoms with Crippen molar-refractivity contribution in [3.05, 3.63) is 30.1 Å². The Kier molecular flexibility index (Phi) is 5.11. The summed E-state index contributed by atoms with van der Waals surface area (Å²) in [7, 11) is 0. The first-order valence-corrected chi connectivity index (χ1v) is 9.97. The second kappa shape index (κ2) is 7.66. The molecule has 26 heavy (non-hydrogen) atoms. The van der Waals surface area contributed by atoms with Crippen LogP contribution in [0.1, 0.15) is 32.0 Å². The van der Waals surface area contributed by atoms with Crippen molar-refractivity contribution in [3.63, 3.8) is 0 Å². The molecule has 1 unspecified atom stereocenters. The zero-order valence-corrected chi connectivity index (χ0v) is 15.7. The van der Waals surface area contributed by atoms with Gasteiger partial charge < -0.3 is 14.8 Å². The van der Waals surface area contributed by atoms with Crippen LogP contribution in [0, 0.1) is 0 Å². The summed E-state index contributed by atoms with van der Waals surface area (Å²) in [6.45, 7) is 7.82. The van der Waals surface area contributed by atoms with Gasteiger partial charge in [-0.1, -0.05) is 12.1 Å². The van der Waals surface area contributed by atoms with Crippen LogP contribution < -0.4 is 5.32 Å². The third-order valence-corrected chi connectivity index (χ3v) is 5.78. The number of nitrogens with one attached hydrogen (secondary N) is 1. The zero-order chi connectivity index (χ0) is 17.9. The molecule has 6 nitrogen and oxygen atoms in total. The molecule has 2 aromatic rings. The monoisotopic (exact) mass is 355 g/mol. The Labute approximate surface area is 155 Å². The highest BCUT2D eigenvalue weighted by atomic mass is 16.2. The number of imidazole rings is 1. The molecule has 0 spiro atoms. The number of para-hydroxylation sites is 2. The third kappa shape index (κ3) is 3.43. The summed E-state index contributed by atoms with van der Waals surface area (Å²) >= 11 is 0. The van der Waals surface area contributed by atoms with Crippen molar-refractivity contribution in [2.75, 3.05) is 32.7 Å². The lowest BCUT2D eigenvalue weighted by molar-refractivity contribution is 0.199. The molecular formula is C20H29N5O. The fraction of sp³-hybridized carbons (Fsp3) is 0.600. The molecule has 0 bridgehead atoms. The van der Waals surface area contributed by atoms with E-state index in [4.69, 9.17) is 4.98 Å². The minimum atomic E-state index is 0.0749. The van der Waals surface area contributed by atoms with E-state index in [1.807, 2.05) is 23.1 Å². The number of aromatic nitrogens is 2. The molecule has 6 heteroatoms. The summed E-state index contributed by atoms with van der Waals surface area (Å²) in [6.07, 6.45) is 4.49. The van der Waals surface area contributed by atoms with E-state index >= 15 is 0 Å². The molecule has 140 valence electrons. The van der Waals surface area contributed by atoms with E-state index in [0.717, 1.165) is 43.8 Å². The predicted octanol–water partition coefficient (Wildman–Crippen LogP) is 2.48. The minimum absolute atomic E-state index is 0.0749. The molecule has 2 saturated heterocycles. The fourth-order valence-corrected chi connectivity index (χ4v) is 4.39. The summed E-state index contributed by atoms with van der Waals surface area (Å²) < 4.78 is 2.24. The first-order chi connectivity index (χ1) is 12.8. The third-order valence-electron chi connectivity index (χ3n) is 5.78. The number of urea groups is 1. The summed E-state index contributed by atoms with van der Waals surface area (Å²) in [5, 5.41) is 3.10. The van der Waals surface area contributed by atoms with Crippen molar-refractivity contribution in [3.8, 4) is 0 Å². The number of hydrogen-bond acceptors (Lipinski definition) is 3. The van der Waals surface area contributed by atoms with Crippen molar-refractivity contribution in [2.24, 2.45) is 0 Å². The molecule has 1 aromatic carbocycles. The van der Waals surface area contributed by atoms with Gasteiger partial charge in [0.05, 0.1) is 11.0 Å². The smallest absolute Gasteiger partial charge is 0.317 e. The van der Waals surface area contributed by atoms with Gasteiger partial charge in [-0.2, -0.15) is 0 Å². The number of aryl methyl sites for hydroxylation is 1. The number of carbonyl (C=O) groups excluding carboxylic acids is 1. The number of carbonyl (C=O) groups is 1. The van der Waals surface area contributed by atoms with Crippen LogP contribution in [0.5, 0.6) is 0 Å². The maximum Gasteiger partial charge on any atom is 0.317 e. The molecule has 2 aliphatic rings. The number of hydrogen-bond donors (Lipinski definition) is 1. The van der Waals surface area contributed by atoms with Crippen LogP contribution in [0.15, 0.2) is 24.3 Å². The van der Waals surface area contributed by atoms with Crippen LogP contribution in [-0.2, 0) is 13.0 Å². The summed E-state index contributed by atoms with van der Waals surface area (Å²) in [5.41, 5.74) is 2.20. The number of fused-ring (bicyclic) bond motifs is 1. The molecule has 1 atom stereocenters. The summed E-state index contributed by atoms with van der Waals surface area (Å²) in [6, 6.07) is 8.86. The molecule has 3 heterocycles. The quantitative estimate of drug-likeness (QED) is 0.896. The Hall–Kier alpha value is -2.08. The van der Waals surface area contributed by atoms with Gasteiger partial charge in [-0.25, -0.2) is 9.78 Å². The second-order valence-corrected chi connectivity index (χ2v) is 7.37. The molecule has 0 saturated carbocycles. The van der Waals surface area contributed by atoms with E-state index in [1.54, 1.807) is 0 Å². The van der Waals surface area contributed by atoms with Crippen LogP contribution in [0.4, 0.5) is 4.79 Å². The molecule has 0 aliphatic carbocycles. The molecule has 1 aromatic heterocycles. The minimum Gasteiger partial charge on any atom is -0.338 e. The van der Waals surface area contributed by atoms with E-state index in [2.05, 4.69) is 27.8 Å². The van der Waals surface area contributed by atoms with Crippen molar-refractivity contribution < 1.29 is 4.79 Å². The highest BCUT2D eigenvalue weighted by Crippen LogP contribution is 2.20. The second-order valence-electron chi connectivity index (χ2n) is 7.37. The molecular weight excluding hydrogens is 326 g/mol. The Bertz CT molecular complexity index is 765. The van der Waals surface area contributed by atoms with Crippen LogP contribution in [0.25, 0.3) is 11.0 Å². The average Bonchev–Trinajstić information content (AvgIpc) is 3.39. The maximum absolute atomic E-state index is 12.5. The van der Waals surface area contributed by atoms with Gasteiger partial charge in [0.15, 0.2) is 0 Å². The van der Waals surface area contributed by atoms with Gasteiger partial charge in [0, 0.05) is 38.6 Å². The fourth-order valence-electron chi connectivity index (χ4n) is 4.39. The molecule has 2 fully saturated rings. The highest BCUT2D eigenvalue weighted by Gasteiger charge is 2.31. The van der Waals surface area contributed by atoms with E-state index in [9.17, 15) is 4.79 Å². The number of nitrogens with zero attached hydrogens (tertiary/aromatic N) is 4. The number of likely N-dealkylation sites (tertiary alicyclic amines) is 2. The first-order valence-electron chi connectivity index (χ1n) is 9.97. The zero-order valence-electron chi connectivity index (χ0n) is 15.7. The van der Waals surface area contributed by atoms with Crippen molar-refractivity contribution in [1.29, 1.82) is 0 Å². The Balaban J connectivity index is 1.30. The van der Waals surface area contributed by atoms with Gasteiger partial charge in [-0.15, -0.1) is 0 Å². The Morgan fingerprint density at radius 3 is 2.85 bits per heavy atom. The first kappa shape index (κ1) is 17.3. The average molecular weight is 355 g/mol. The molecule has 2 amide bonds. The number of benzene rings is 1. The van der Waals surface area contributed by atoms with E-state index < -0.39 is 0 Å². The van der Waals surface area contributed by atoms with Crippen molar-refractivity contribution in [2.45, 2.75) is 45.2 Å². The topological polar surface area (TPSA) is 53.4 Å². The van der Waals surface area contributed by atoms with E-state index in [0.29, 0.717) is 12.6 Å². The van der Waals surface area contributed by atoms with Crippen LogP contribution >= 0.6 is 0 Å². The highest BCUT2D eigenvalue weighted by molar-refractivity contribution is 5.76. The normalized spacial score (nSPS) is 21.0. The summed E-state index contributed by atoms with van der Waals surface area (Å²) in [5.74, 6) is 1.05. The van der Waals surface area contributed by atoms with E-state index in [1.165, 1.54) is 31.4 Å². The number of rotatable bonds is 5.